The van der Waals surface area contributed by atoms with E-state index >= 15 is 0 Å². The van der Waals surface area contributed by atoms with Crippen molar-refractivity contribution in [1.29, 1.82) is 0 Å². The number of nitrogens with zero attached hydrogens (tertiary/aromatic N) is 1. The molecular formula is C25H26FNO5. The zero-order valence-corrected chi connectivity index (χ0v) is 17.9. The highest BCUT2D eigenvalue weighted by Crippen LogP contribution is 2.40. The normalized spacial score (nSPS) is 22.5. The molecule has 0 aromatic heterocycles. The maximum Gasteiger partial charge on any atom is 0.295 e. The van der Waals surface area contributed by atoms with Crippen LogP contribution in [0, 0.1) is 5.82 Å². The fraction of sp³-hybridized carbons (Fsp3) is 0.360. The third-order valence-electron chi connectivity index (χ3n) is 5.75. The minimum absolute atomic E-state index is 0.0122. The summed E-state index contributed by atoms with van der Waals surface area (Å²) < 4.78 is 24.8. The van der Waals surface area contributed by atoms with E-state index in [1.54, 1.807) is 24.3 Å². The SMILES string of the molecule is CCCOc1ccc(/C(O)=C2/C(=O)C(=O)N(CC3CCCO3)C2c2ccc(F)cc2)cc1. The third-order valence-corrected chi connectivity index (χ3v) is 5.75. The molecule has 0 bridgehead atoms. The van der Waals surface area contributed by atoms with Gasteiger partial charge in [0.25, 0.3) is 11.7 Å². The summed E-state index contributed by atoms with van der Waals surface area (Å²) in [6.45, 7) is 3.42. The molecule has 6 nitrogen and oxygen atoms in total. The highest BCUT2D eigenvalue weighted by molar-refractivity contribution is 6.46. The van der Waals surface area contributed by atoms with Crippen LogP contribution in [0.3, 0.4) is 0 Å². The van der Waals surface area contributed by atoms with E-state index < -0.39 is 23.5 Å². The quantitative estimate of drug-likeness (QED) is 0.397. The molecule has 1 amide bonds. The van der Waals surface area contributed by atoms with Crippen LogP contribution in [-0.4, -0.2) is 47.6 Å². The van der Waals surface area contributed by atoms with Crippen LogP contribution < -0.4 is 4.74 Å². The number of amides is 1. The molecule has 0 radical (unpaired) electrons. The van der Waals surface area contributed by atoms with E-state index in [0.29, 0.717) is 30.1 Å². The summed E-state index contributed by atoms with van der Waals surface area (Å²) in [7, 11) is 0. The smallest absolute Gasteiger partial charge is 0.295 e. The van der Waals surface area contributed by atoms with Gasteiger partial charge >= 0.3 is 0 Å². The minimum atomic E-state index is -0.823. The molecule has 7 heteroatoms. The maximum absolute atomic E-state index is 13.6. The number of carbonyl (C=O) groups is 2. The van der Waals surface area contributed by atoms with Gasteiger partial charge in [0, 0.05) is 18.7 Å². The number of likely N-dealkylation sites (tertiary alicyclic amines) is 1. The summed E-state index contributed by atoms with van der Waals surface area (Å²) in [5, 5.41) is 11.1. The molecule has 0 saturated carbocycles. The van der Waals surface area contributed by atoms with Gasteiger partial charge in [-0.15, -0.1) is 0 Å². The van der Waals surface area contributed by atoms with Crippen LogP contribution in [0.1, 0.15) is 43.4 Å². The molecule has 0 spiro atoms. The second-order valence-corrected chi connectivity index (χ2v) is 8.01. The molecule has 168 valence electrons. The molecule has 2 unspecified atom stereocenters. The van der Waals surface area contributed by atoms with Gasteiger partial charge in [-0.2, -0.15) is 0 Å². The van der Waals surface area contributed by atoms with Gasteiger partial charge < -0.3 is 19.5 Å². The van der Waals surface area contributed by atoms with Crippen molar-refractivity contribution < 1.29 is 28.6 Å². The number of rotatable bonds is 7. The number of aliphatic hydroxyl groups excluding tert-OH is 1. The van der Waals surface area contributed by atoms with Gasteiger partial charge in [0.1, 0.15) is 17.3 Å². The van der Waals surface area contributed by atoms with Gasteiger partial charge in [-0.25, -0.2) is 4.39 Å². The Balaban J connectivity index is 1.74. The van der Waals surface area contributed by atoms with E-state index in [9.17, 15) is 19.1 Å². The van der Waals surface area contributed by atoms with E-state index in [2.05, 4.69) is 0 Å². The molecule has 2 aliphatic rings. The first-order valence-electron chi connectivity index (χ1n) is 10.9. The second-order valence-electron chi connectivity index (χ2n) is 8.01. The number of Topliss-reactive ketones (excluding diaryl/α,β-unsaturated/α-hetero) is 1. The van der Waals surface area contributed by atoms with Crippen molar-refractivity contribution in [3.05, 3.63) is 71.0 Å². The lowest BCUT2D eigenvalue weighted by atomic mass is 9.95. The largest absolute Gasteiger partial charge is 0.507 e. The number of hydrogen-bond donors (Lipinski definition) is 1. The molecule has 32 heavy (non-hydrogen) atoms. The van der Waals surface area contributed by atoms with Crippen molar-refractivity contribution in [2.45, 2.75) is 38.3 Å². The lowest BCUT2D eigenvalue weighted by molar-refractivity contribution is -0.140. The summed E-state index contributed by atoms with van der Waals surface area (Å²) >= 11 is 0. The van der Waals surface area contributed by atoms with Crippen LogP contribution in [0.5, 0.6) is 5.75 Å². The Morgan fingerprint density at radius 3 is 2.50 bits per heavy atom. The molecule has 2 aromatic rings. The number of carbonyl (C=O) groups excluding carboxylic acids is 2. The van der Waals surface area contributed by atoms with Gasteiger partial charge in [-0.05, 0) is 61.2 Å². The van der Waals surface area contributed by atoms with Crippen molar-refractivity contribution in [1.82, 2.24) is 4.90 Å². The molecule has 4 rings (SSSR count). The van der Waals surface area contributed by atoms with Gasteiger partial charge in [-0.1, -0.05) is 19.1 Å². The summed E-state index contributed by atoms with van der Waals surface area (Å²) in [4.78, 5) is 27.4. The summed E-state index contributed by atoms with van der Waals surface area (Å²) in [5.74, 6) is -1.50. The van der Waals surface area contributed by atoms with E-state index in [1.165, 1.54) is 29.2 Å². The zero-order valence-electron chi connectivity index (χ0n) is 17.9. The molecular weight excluding hydrogens is 413 g/mol. The van der Waals surface area contributed by atoms with Crippen LogP contribution >= 0.6 is 0 Å². The molecule has 2 saturated heterocycles. The van der Waals surface area contributed by atoms with E-state index in [0.717, 1.165) is 19.3 Å². The monoisotopic (exact) mass is 439 g/mol. The average Bonchev–Trinajstić information content (AvgIpc) is 3.41. The van der Waals surface area contributed by atoms with Crippen molar-refractivity contribution in [2.24, 2.45) is 0 Å². The van der Waals surface area contributed by atoms with Crippen molar-refractivity contribution >= 4 is 17.4 Å². The van der Waals surface area contributed by atoms with E-state index in [4.69, 9.17) is 9.47 Å². The molecule has 2 aromatic carbocycles. The van der Waals surface area contributed by atoms with Gasteiger partial charge in [0.2, 0.25) is 0 Å². The Kier molecular flexibility index (Phi) is 6.55. The van der Waals surface area contributed by atoms with Gasteiger partial charge in [0.15, 0.2) is 0 Å². The van der Waals surface area contributed by atoms with E-state index in [-0.39, 0.29) is 24.0 Å². The molecule has 1 N–H and O–H groups in total. The topological polar surface area (TPSA) is 76.1 Å². The minimum Gasteiger partial charge on any atom is -0.507 e. The lowest BCUT2D eigenvalue weighted by Gasteiger charge is -2.27. The van der Waals surface area contributed by atoms with Gasteiger partial charge in [0.05, 0.1) is 24.3 Å². The van der Waals surface area contributed by atoms with Crippen LogP contribution in [0.15, 0.2) is 54.1 Å². The van der Waals surface area contributed by atoms with Crippen molar-refractivity contribution in [3.8, 4) is 5.75 Å². The predicted molar refractivity (Wildman–Crippen MR) is 117 cm³/mol. The molecule has 2 atom stereocenters. The molecule has 2 heterocycles. The van der Waals surface area contributed by atoms with E-state index in [1.807, 2.05) is 6.92 Å². The number of halogens is 1. The highest BCUT2D eigenvalue weighted by atomic mass is 19.1. The Bertz CT molecular complexity index is 1010. The van der Waals surface area contributed by atoms with Crippen LogP contribution in [0.4, 0.5) is 4.39 Å². The number of aliphatic hydroxyl groups is 1. The maximum atomic E-state index is 13.6. The summed E-state index contributed by atoms with van der Waals surface area (Å²) in [6.07, 6.45) is 2.37. The Hall–Kier alpha value is -3.19. The number of ketones is 1. The Labute approximate surface area is 186 Å². The first kappa shape index (κ1) is 22.0. The number of ether oxygens (including phenoxy) is 2. The highest BCUT2D eigenvalue weighted by Gasteiger charge is 2.47. The first-order chi connectivity index (χ1) is 15.5. The lowest BCUT2D eigenvalue weighted by Crippen LogP contribution is -2.36. The Morgan fingerprint density at radius 2 is 1.88 bits per heavy atom. The molecule has 2 aliphatic heterocycles. The fourth-order valence-corrected chi connectivity index (χ4v) is 4.15. The fourth-order valence-electron chi connectivity index (χ4n) is 4.15. The van der Waals surface area contributed by atoms with Crippen LogP contribution in [0.25, 0.3) is 5.76 Å². The summed E-state index contributed by atoms with van der Waals surface area (Å²) in [6, 6.07) is 11.5. The standard InChI is InChI=1S/C25H26FNO5/c1-2-13-31-19-11-7-17(8-12-19)23(28)21-22(16-5-9-18(26)10-6-16)27(25(30)24(21)29)15-20-4-3-14-32-20/h5-12,20,22,28H,2-4,13-15H2,1H3/b23-21-. The average molecular weight is 439 g/mol. The van der Waals surface area contributed by atoms with Crippen molar-refractivity contribution in [2.75, 3.05) is 19.8 Å². The second kappa shape index (κ2) is 9.53. The number of benzene rings is 2. The first-order valence-corrected chi connectivity index (χ1v) is 10.9. The Morgan fingerprint density at radius 1 is 1.16 bits per heavy atom. The van der Waals surface area contributed by atoms with Gasteiger partial charge in [-0.3, -0.25) is 9.59 Å². The third kappa shape index (κ3) is 4.39. The molecule has 0 aliphatic carbocycles. The van der Waals surface area contributed by atoms with Crippen LogP contribution in [0.2, 0.25) is 0 Å². The summed E-state index contributed by atoms with van der Waals surface area (Å²) in [5.41, 5.74) is 0.936. The van der Waals surface area contributed by atoms with Crippen LogP contribution in [-0.2, 0) is 14.3 Å². The molecule has 2 fully saturated rings. The zero-order chi connectivity index (χ0) is 22.7. The van der Waals surface area contributed by atoms with Crippen molar-refractivity contribution in [3.63, 3.8) is 0 Å². The predicted octanol–water partition coefficient (Wildman–Crippen LogP) is 4.22. The number of hydrogen-bond acceptors (Lipinski definition) is 5.